The Morgan fingerprint density at radius 3 is 2.81 bits per heavy atom. The minimum absolute atomic E-state index is 0.139. The zero-order valence-corrected chi connectivity index (χ0v) is 9.84. The maximum Gasteiger partial charge on any atom is 0.287 e. The van der Waals surface area contributed by atoms with E-state index < -0.39 is 12.5 Å². The predicted molar refractivity (Wildman–Crippen MR) is 62.4 cm³/mol. The molecule has 0 atom stereocenters. The summed E-state index contributed by atoms with van der Waals surface area (Å²) in [7, 11) is 0. The lowest BCUT2D eigenvalue weighted by molar-refractivity contribution is 0.00730. The molecule has 0 saturated heterocycles. The molecule has 1 aromatic heterocycles. The normalized spacial score (nSPS) is 12.0. The molecule has 0 unspecified atom stereocenters. The minimum Gasteiger partial charge on any atom is -0.325 e. The van der Waals surface area contributed by atoms with Crippen LogP contribution in [0.25, 0.3) is 10.9 Å². The summed E-state index contributed by atoms with van der Waals surface area (Å²) in [6, 6.07) is 6.56. The molecule has 2 rings (SSSR count). The van der Waals surface area contributed by atoms with Crippen molar-refractivity contribution < 1.29 is 8.78 Å². The lowest BCUT2D eigenvalue weighted by atomic mass is 10.0. The van der Waals surface area contributed by atoms with E-state index in [-0.39, 0.29) is 5.56 Å². The molecular formula is C11H9BrF2N2. The van der Waals surface area contributed by atoms with Gasteiger partial charge in [0.2, 0.25) is 0 Å². The number of alkyl halides is 2. The number of aromatic nitrogens is 1. The van der Waals surface area contributed by atoms with Crippen molar-refractivity contribution in [1.82, 2.24) is 4.98 Å². The Bertz CT molecular complexity index is 528. The molecule has 2 nitrogen and oxygen atoms in total. The fourth-order valence-electron chi connectivity index (χ4n) is 1.54. The molecule has 0 fully saturated rings. The second-order valence-electron chi connectivity index (χ2n) is 3.44. The smallest absolute Gasteiger partial charge is 0.287 e. The molecule has 2 N–H and O–H groups in total. The Labute approximate surface area is 99.6 Å². The molecule has 0 aliphatic rings. The Balaban J connectivity index is 2.77. The molecule has 84 valence electrons. The lowest BCUT2D eigenvalue weighted by Crippen LogP contribution is -2.25. The van der Waals surface area contributed by atoms with Crippen LogP contribution in [0.1, 0.15) is 5.56 Å². The van der Waals surface area contributed by atoms with Crippen LogP contribution in [0.4, 0.5) is 8.78 Å². The van der Waals surface area contributed by atoms with Gasteiger partial charge in [-0.3, -0.25) is 4.98 Å². The van der Waals surface area contributed by atoms with Crippen LogP contribution >= 0.6 is 15.9 Å². The highest BCUT2D eigenvalue weighted by atomic mass is 79.9. The molecule has 1 heterocycles. The second kappa shape index (κ2) is 4.07. The Morgan fingerprint density at radius 2 is 2.12 bits per heavy atom. The van der Waals surface area contributed by atoms with E-state index in [4.69, 9.17) is 5.73 Å². The highest BCUT2D eigenvalue weighted by molar-refractivity contribution is 9.10. The topological polar surface area (TPSA) is 38.9 Å². The summed E-state index contributed by atoms with van der Waals surface area (Å²) in [5, 5.41) is 0.667. The Hall–Kier alpha value is -1.07. The van der Waals surface area contributed by atoms with Crippen molar-refractivity contribution in [3.63, 3.8) is 0 Å². The first kappa shape index (κ1) is 11.4. The number of rotatable bonds is 2. The first-order valence-electron chi connectivity index (χ1n) is 4.67. The van der Waals surface area contributed by atoms with Gasteiger partial charge in [0.25, 0.3) is 5.92 Å². The molecular weight excluding hydrogens is 278 g/mol. The molecule has 0 saturated carbocycles. The van der Waals surface area contributed by atoms with Crippen molar-refractivity contribution in [2.24, 2.45) is 5.73 Å². The lowest BCUT2D eigenvalue weighted by Gasteiger charge is -2.16. The molecule has 2 aromatic rings. The van der Waals surface area contributed by atoms with Crippen molar-refractivity contribution in [2.75, 3.05) is 6.54 Å². The van der Waals surface area contributed by atoms with E-state index >= 15 is 0 Å². The van der Waals surface area contributed by atoms with Gasteiger partial charge in [-0.05, 0) is 18.2 Å². The Kier molecular flexibility index (Phi) is 2.90. The quantitative estimate of drug-likeness (QED) is 0.922. The number of benzene rings is 1. The van der Waals surface area contributed by atoms with Crippen LogP contribution in [0.2, 0.25) is 0 Å². The first-order valence-corrected chi connectivity index (χ1v) is 5.46. The van der Waals surface area contributed by atoms with Gasteiger partial charge in [0, 0.05) is 21.6 Å². The summed E-state index contributed by atoms with van der Waals surface area (Å²) in [6.45, 7) is -0.727. The van der Waals surface area contributed by atoms with Crippen LogP contribution in [0.15, 0.2) is 34.9 Å². The molecule has 0 bridgehead atoms. The molecule has 1 aromatic carbocycles. The summed E-state index contributed by atoms with van der Waals surface area (Å²) in [4.78, 5) is 3.98. The van der Waals surface area contributed by atoms with E-state index in [9.17, 15) is 8.78 Å². The van der Waals surface area contributed by atoms with Crippen LogP contribution in [-0.2, 0) is 5.92 Å². The second-order valence-corrected chi connectivity index (χ2v) is 4.35. The fourth-order valence-corrected chi connectivity index (χ4v) is 2.02. The molecule has 0 amide bonds. The highest BCUT2D eigenvalue weighted by Gasteiger charge is 2.32. The minimum atomic E-state index is -3.06. The average Bonchev–Trinajstić information content (AvgIpc) is 2.28. The summed E-state index contributed by atoms with van der Waals surface area (Å²) in [6.07, 6.45) is 1.49. The standard InChI is InChI=1S/C11H9BrF2N2/c12-8-4-7-2-1-3-16-10(7)9(5-8)11(13,14)6-15/h1-5H,6,15H2. The van der Waals surface area contributed by atoms with Gasteiger partial charge in [0.1, 0.15) is 0 Å². The van der Waals surface area contributed by atoms with E-state index in [0.29, 0.717) is 15.4 Å². The molecule has 0 spiro atoms. The summed E-state index contributed by atoms with van der Waals surface area (Å²) in [5.74, 6) is -3.06. The number of halogens is 3. The molecule has 0 aliphatic carbocycles. The maximum atomic E-state index is 13.6. The SMILES string of the molecule is NCC(F)(F)c1cc(Br)cc2cccnc12. The fraction of sp³-hybridized carbons (Fsp3) is 0.182. The number of nitrogens with two attached hydrogens (primary N) is 1. The van der Waals surface area contributed by atoms with E-state index in [1.807, 2.05) is 0 Å². The van der Waals surface area contributed by atoms with Crippen LogP contribution in [0.5, 0.6) is 0 Å². The third-order valence-electron chi connectivity index (χ3n) is 2.32. The predicted octanol–water partition coefficient (Wildman–Crippen LogP) is 3.05. The maximum absolute atomic E-state index is 13.6. The summed E-state index contributed by atoms with van der Waals surface area (Å²) < 4.78 is 27.8. The number of hydrogen-bond donors (Lipinski definition) is 1. The third-order valence-corrected chi connectivity index (χ3v) is 2.78. The molecule has 5 heteroatoms. The third kappa shape index (κ3) is 1.92. The van der Waals surface area contributed by atoms with Gasteiger partial charge in [-0.2, -0.15) is 8.78 Å². The molecule has 0 aliphatic heterocycles. The van der Waals surface area contributed by atoms with Gasteiger partial charge in [-0.15, -0.1) is 0 Å². The molecule has 0 radical (unpaired) electrons. The monoisotopic (exact) mass is 286 g/mol. The average molecular weight is 287 g/mol. The summed E-state index contributed by atoms with van der Waals surface area (Å²) >= 11 is 3.20. The first-order chi connectivity index (χ1) is 7.54. The highest BCUT2D eigenvalue weighted by Crippen LogP contribution is 2.34. The number of nitrogens with zero attached hydrogens (tertiary/aromatic N) is 1. The van der Waals surface area contributed by atoms with E-state index in [2.05, 4.69) is 20.9 Å². The van der Waals surface area contributed by atoms with Crippen molar-refractivity contribution in [2.45, 2.75) is 5.92 Å². The van der Waals surface area contributed by atoms with E-state index in [0.717, 1.165) is 0 Å². The van der Waals surface area contributed by atoms with Gasteiger partial charge < -0.3 is 5.73 Å². The largest absolute Gasteiger partial charge is 0.325 e. The van der Waals surface area contributed by atoms with E-state index in [1.165, 1.54) is 12.3 Å². The van der Waals surface area contributed by atoms with Crippen LogP contribution in [0, 0.1) is 0 Å². The van der Waals surface area contributed by atoms with Crippen molar-refractivity contribution in [3.8, 4) is 0 Å². The number of fused-ring (bicyclic) bond motifs is 1. The van der Waals surface area contributed by atoms with Crippen molar-refractivity contribution in [3.05, 3.63) is 40.5 Å². The number of pyridine rings is 1. The zero-order valence-electron chi connectivity index (χ0n) is 8.25. The number of hydrogen-bond acceptors (Lipinski definition) is 2. The van der Waals surface area contributed by atoms with Crippen molar-refractivity contribution >= 4 is 26.8 Å². The van der Waals surface area contributed by atoms with Gasteiger partial charge in [-0.25, -0.2) is 0 Å². The van der Waals surface area contributed by atoms with E-state index in [1.54, 1.807) is 18.2 Å². The van der Waals surface area contributed by atoms with Gasteiger partial charge in [-0.1, -0.05) is 22.0 Å². The Morgan fingerprint density at radius 1 is 1.38 bits per heavy atom. The van der Waals surface area contributed by atoms with Gasteiger partial charge in [0.15, 0.2) is 0 Å². The molecule has 16 heavy (non-hydrogen) atoms. The van der Waals surface area contributed by atoms with Gasteiger partial charge in [0.05, 0.1) is 12.1 Å². The van der Waals surface area contributed by atoms with Crippen LogP contribution in [0.3, 0.4) is 0 Å². The van der Waals surface area contributed by atoms with Crippen molar-refractivity contribution in [1.29, 1.82) is 0 Å². The summed E-state index contributed by atoms with van der Waals surface area (Å²) in [5.41, 5.74) is 5.24. The zero-order chi connectivity index (χ0) is 11.8. The van der Waals surface area contributed by atoms with Crippen LogP contribution in [-0.4, -0.2) is 11.5 Å². The van der Waals surface area contributed by atoms with Crippen LogP contribution < -0.4 is 5.73 Å². The van der Waals surface area contributed by atoms with Gasteiger partial charge >= 0.3 is 0 Å².